The highest BCUT2D eigenvalue weighted by Gasteiger charge is 2.17. The van der Waals surface area contributed by atoms with Crippen molar-refractivity contribution in [1.82, 2.24) is 0 Å². The zero-order valence-electron chi connectivity index (χ0n) is 8.80. The monoisotopic (exact) mass is 193 g/mol. The molecule has 0 aromatic heterocycles. The molecule has 0 aromatic carbocycles. The summed E-state index contributed by atoms with van der Waals surface area (Å²) in [6, 6.07) is 0.546. The van der Waals surface area contributed by atoms with Gasteiger partial charge in [-0.15, -0.1) is 0 Å². The van der Waals surface area contributed by atoms with Crippen molar-refractivity contribution in [3.8, 4) is 0 Å². The molecule has 0 amide bonds. The quantitative estimate of drug-likeness (QED) is 0.629. The third-order valence-electron chi connectivity index (χ3n) is 3.26. The maximum atomic E-state index is 11.2. The molecule has 0 radical (unpaired) electrons. The highest BCUT2D eigenvalue weighted by atomic mass is 16.1. The molecule has 2 saturated carbocycles. The van der Waals surface area contributed by atoms with E-state index in [2.05, 4.69) is 0 Å². The topological polar surface area (TPSA) is 29.4 Å². The average Bonchev–Trinajstić information content (AvgIpc) is 2.19. The second kappa shape index (κ2) is 4.72. The van der Waals surface area contributed by atoms with E-state index in [9.17, 15) is 4.79 Å². The van der Waals surface area contributed by atoms with Gasteiger partial charge in [-0.1, -0.05) is 19.3 Å². The molecule has 0 unspecified atom stereocenters. The van der Waals surface area contributed by atoms with Gasteiger partial charge in [0.05, 0.1) is 0 Å². The Balaban J connectivity index is 1.91. The van der Waals surface area contributed by atoms with E-state index in [0.29, 0.717) is 18.2 Å². The predicted molar refractivity (Wildman–Crippen MR) is 57.8 cm³/mol. The summed E-state index contributed by atoms with van der Waals surface area (Å²) in [6.07, 6.45) is 10.1. The van der Waals surface area contributed by atoms with E-state index < -0.39 is 0 Å². The molecule has 2 heteroatoms. The van der Waals surface area contributed by atoms with E-state index in [4.69, 9.17) is 4.99 Å². The molecular weight excluding hydrogens is 174 g/mol. The van der Waals surface area contributed by atoms with Crippen molar-refractivity contribution in [3.63, 3.8) is 0 Å². The Bertz CT molecular complexity index is 239. The molecule has 2 nitrogen and oxygen atoms in total. The molecule has 2 aliphatic rings. The minimum absolute atomic E-state index is 0.394. The molecule has 2 fully saturated rings. The van der Waals surface area contributed by atoms with Gasteiger partial charge in [-0.3, -0.25) is 9.79 Å². The number of rotatable bonds is 1. The molecule has 0 N–H and O–H groups in total. The number of carbonyl (C=O) groups excluding carboxylic acids is 1. The van der Waals surface area contributed by atoms with Crippen molar-refractivity contribution in [2.24, 2.45) is 4.99 Å². The van der Waals surface area contributed by atoms with Crippen LogP contribution in [0.3, 0.4) is 0 Å². The van der Waals surface area contributed by atoms with Crippen LogP contribution in [-0.2, 0) is 4.79 Å². The Hall–Kier alpha value is -0.660. The van der Waals surface area contributed by atoms with Crippen LogP contribution < -0.4 is 0 Å². The van der Waals surface area contributed by atoms with Crippen molar-refractivity contribution < 1.29 is 4.79 Å². The normalized spacial score (nSPS) is 28.3. The second-order valence-corrected chi connectivity index (χ2v) is 4.56. The first-order valence-corrected chi connectivity index (χ1v) is 5.92. The fourth-order valence-corrected chi connectivity index (χ4v) is 2.47. The van der Waals surface area contributed by atoms with Crippen molar-refractivity contribution in [1.29, 1.82) is 0 Å². The number of Topliss-reactive ketones (excluding diaryl/α,β-unsaturated/α-hetero) is 1. The Morgan fingerprint density at radius 3 is 2.50 bits per heavy atom. The molecule has 0 spiro atoms. The number of hydrogen-bond donors (Lipinski definition) is 0. The number of hydrogen-bond acceptors (Lipinski definition) is 2. The maximum Gasteiger partial charge on any atom is 0.138 e. The van der Waals surface area contributed by atoms with Crippen LogP contribution in [0.4, 0.5) is 0 Å². The molecule has 0 bridgehead atoms. The fraction of sp³-hybridized carbons (Fsp3) is 0.833. The van der Waals surface area contributed by atoms with Gasteiger partial charge in [-0.2, -0.15) is 0 Å². The van der Waals surface area contributed by atoms with Gasteiger partial charge < -0.3 is 0 Å². The first-order valence-electron chi connectivity index (χ1n) is 5.92. The predicted octanol–water partition coefficient (Wildman–Crippen LogP) is 2.90. The minimum Gasteiger partial charge on any atom is -0.299 e. The van der Waals surface area contributed by atoms with E-state index in [-0.39, 0.29) is 0 Å². The number of aliphatic imine (C=N–C) groups is 1. The van der Waals surface area contributed by atoms with Gasteiger partial charge in [0.25, 0.3) is 0 Å². The van der Waals surface area contributed by atoms with E-state index in [1.165, 1.54) is 37.8 Å². The van der Waals surface area contributed by atoms with Crippen LogP contribution in [0, 0.1) is 0 Å². The van der Waals surface area contributed by atoms with Crippen LogP contribution in [0.5, 0.6) is 0 Å². The lowest BCUT2D eigenvalue weighted by molar-refractivity contribution is -0.118. The Kier molecular flexibility index (Phi) is 3.33. The van der Waals surface area contributed by atoms with Crippen LogP contribution >= 0.6 is 0 Å². The van der Waals surface area contributed by atoms with Gasteiger partial charge in [0, 0.05) is 24.6 Å². The molecule has 0 atom stereocenters. The van der Waals surface area contributed by atoms with Crippen molar-refractivity contribution >= 4 is 11.5 Å². The summed E-state index contributed by atoms with van der Waals surface area (Å²) in [5, 5.41) is 0. The summed E-state index contributed by atoms with van der Waals surface area (Å²) in [4.78, 5) is 16.0. The summed E-state index contributed by atoms with van der Waals surface area (Å²) >= 11 is 0. The van der Waals surface area contributed by atoms with Gasteiger partial charge in [0.2, 0.25) is 0 Å². The van der Waals surface area contributed by atoms with Crippen molar-refractivity contribution in [3.05, 3.63) is 0 Å². The lowest BCUT2D eigenvalue weighted by Crippen LogP contribution is -2.18. The Morgan fingerprint density at radius 1 is 1.00 bits per heavy atom. The number of ketones is 1. The fourth-order valence-electron chi connectivity index (χ4n) is 2.47. The highest BCUT2D eigenvalue weighted by Crippen LogP contribution is 2.22. The molecule has 0 aromatic rings. The Morgan fingerprint density at radius 2 is 1.79 bits per heavy atom. The summed E-state index contributed by atoms with van der Waals surface area (Å²) in [6.45, 7) is 0. The summed E-state index contributed by atoms with van der Waals surface area (Å²) in [7, 11) is 0. The lowest BCUT2D eigenvalue weighted by atomic mass is 9.93. The molecule has 2 rings (SSSR count). The van der Waals surface area contributed by atoms with Crippen molar-refractivity contribution in [2.75, 3.05) is 0 Å². The van der Waals surface area contributed by atoms with E-state index in [1.54, 1.807) is 0 Å². The number of nitrogens with zero attached hydrogens (tertiary/aromatic N) is 1. The third-order valence-corrected chi connectivity index (χ3v) is 3.26. The van der Waals surface area contributed by atoms with Gasteiger partial charge >= 0.3 is 0 Å². The van der Waals surface area contributed by atoms with Crippen LogP contribution in [0.25, 0.3) is 0 Å². The molecule has 0 aliphatic heterocycles. The van der Waals surface area contributed by atoms with Crippen LogP contribution in [-0.4, -0.2) is 17.5 Å². The molecule has 0 heterocycles. The molecule has 14 heavy (non-hydrogen) atoms. The summed E-state index contributed by atoms with van der Waals surface area (Å²) in [5.74, 6) is 0.394. The molecular formula is C12H19NO. The van der Waals surface area contributed by atoms with E-state index >= 15 is 0 Å². The average molecular weight is 193 g/mol. The van der Waals surface area contributed by atoms with Gasteiger partial charge in [0.1, 0.15) is 5.78 Å². The largest absolute Gasteiger partial charge is 0.299 e. The van der Waals surface area contributed by atoms with E-state index in [1.807, 2.05) is 0 Å². The van der Waals surface area contributed by atoms with Gasteiger partial charge in [-0.25, -0.2) is 0 Å². The number of carbonyl (C=O) groups is 1. The zero-order valence-corrected chi connectivity index (χ0v) is 8.80. The maximum absolute atomic E-state index is 11.2. The van der Waals surface area contributed by atoms with Crippen LogP contribution in [0.2, 0.25) is 0 Å². The molecule has 2 aliphatic carbocycles. The summed E-state index contributed by atoms with van der Waals surface area (Å²) < 4.78 is 0. The zero-order chi connectivity index (χ0) is 9.80. The van der Waals surface area contributed by atoms with Gasteiger partial charge in [0.15, 0.2) is 0 Å². The van der Waals surface area contributed by atoms with Crippen LogP contribution in [0.1, 0.15) is 57.8 Å². The lowest BCUT2D eigenvalue weighted by Gasteiger charge is -2.20. The first kappa shape index (κ1) is 9.88. The second-order valence-electron chi connectivity index (χ2n) is 4.56. The first-order chi connectivity index (χ1) is 6.84. The molecule has 0 saturated heterocycles. The van der Waals surface area contributed by atoms with Crippen molar-refractivity contribution in [2.45, 2.75) is 63.8 Å². The minimum atomic E-state index is 0.394. The highest BCUT2D eigenvalue weighted by molar-refractivity contribution is 6.04. The Labute approximate surface area is 85.8 Å². The SMILES string of the molecule is O=C1CCCC(=NC2CCCCC2)C1. The third kappa shape index (κ3) is 2.66. The summed E-state index contributed by atoms with van der Waals surface area (Å²) in [5.41, 5.74) is 1.19. The van der Waals surface area contributed by atoms with Crippen LogP contribution in [0.15, 0.2) is 4.99 Å². The smallest absolute Gasteiger partial charge is 0.138 e. The van der Waals surface area contributed by atoms with Gasteiger partial charge in [-0.05, 0) is 25.7 Å². The van der Waals surface area contributed by atoms with E-state index in [0.717, 1.165) is 19.3 Å². The standard InChI is InChI=1S/C12H19NO/c14-12-8-4-7-11(9-12)13-10-5-2-1-3-6-10/h10H,1-9H2. The molecule has 78 valence electrons.